The molecule has 0 heterocycles. The van der Waals surface area contributed by atoms with Crippen LogP contribution in [-0.4, -0.2) is 43.8 Å². The molecule has 0 unspecified atom stereocenters. The predicted octanol–water partition coefficient (Wildman–Crippen LogP) is 6.70. The van der Waals surface area contributed by atoms with Crippen LogP contribution in [-0.2, 0) is 26.2 Å². The third kappa shape index (κ3) is 8.73. The third-order valence-electron chi connectivity index (χ3n) is 7.57. The third-order valence-corrected chi connectivity index (χ3v) is 9.36. The zero-order valence-electron chi connectivity index (χ0n) is 26.2. The van der Waals surface area contributed by atoms with Crippen molar-refractivity contribution in [2.75, 3.05) is 10.8 Å². The lowest BCUT2D eigenvalue weighted by molar-refractivity contribution is -0.140. The molecule has 0 saturated heterocycles. The average Bonchev–Trinajstić information content (AvgIpc) is 3.05. The van der Waals surface area contributed by atoms with Gasteiger partial charge in [0.2, 0.25) is 11.8 Å². The van der Waals surface area contributed by atoms with Gasteiger partial charge in [-0.3, -0.25) is 13.9 Å². The van der Waals surface area contributed by atoms with Gasteiger partial charge in [-0.1, -0.05) is 80.1 Å². The molecule has 4 rings (SSSR count). The topological polar surface area (TPSA) is 96.0 Å². The normalized spacial score (nSPS) is 12.5. The highest BCUT2D eigenvalue weighted by Crippen LogP contribution is 2.29. The van der Waals surface area contributed by atoms with Gasteiger partial charge >= 0.3 is 0 Å². The molecule has 1 N–H and O–H groups in total. The van der Waals surface area contributed by atoms with E-state index in [1.165, 1.54) is 17.0 Å². The Kier molecular flexibility index (Phi) is 11.4. The van der Waals surface area contributed by atoms with Gasteiger partial charge in [0.05, 0.1) is 10.6 Å². The summed E-state index contributed by atoms with van der Waals surface area (Å²) in [6, 6.07) is 30.8. The quantitative estimate of drug-likeness (QED) is 0.168. The maximum Gasteiger partial charge on any atom is 0.264 e. The maximum absolute atomic E-state index is 14.2. The Morgan fingerprint density at radius 1 is 0.778 bits per heavy atom. The second-order valence-electron chi connectivity index (χ2n) is 11.0. The van der Waals surface area contributed by atoms with E-state index in [0.29, 0.717) is 23.6 Å². The van der Waals surface area contributed by atoms with Gasteiger partial charge in [0, 0.05) is 12.6 Å². The molecule has 0 aliphatic heterocycles. The molecule has 2 atom stereocenters. The highest BCUT2D eigenvalue weighted by atomic mass is 32.2. The van der Waals surface area contributed by atoms with Crippen LogP contribution in [0.2, 0.25) is 0 Å². The van der Waals surface area contributed by atoms with Gasteiger partial charge in [-0.25, -0.2) is 8.42 Å². The number of rotatable bonds is 14. The van der Waals surface area contributed by atoms with E-state index < -0.39 is 28.5 Å². The largest absolute Gasteiger partial charge is 0.457 e. The van der Waals surface area contributed by atoms with Crippen molar-refractivity contribution in [3.05, 3.63) is 120 Å². The predicted molar refractivity (Wildman–Crippen MR) is 178 cm³/mol. The first kappa shape index (κ1) is 33.3. The fourth-order valence-electron chi connectivity index (χ4n) is 4.81. The molecule has 8 nitrogen and oxygen atoms in total. The number of sulfonamides is 1. The van der Waals surface area contributed by atoms with Crippen molar-refractivity contribution in [3.63, 3.8) is 0 Å². The molecule has 0 fully saturated rings. The first-order valence-electron chi connectivity index (χ1n) is 15.2. The molecule has 0 aromatic heterocycles. The first-order chi connectivity index (χ1) is 21.6. The van der Waals surface area contributed by atoms with Gasteiger partial charge in [-0.05, 0) is 80.8 Å². The van der Waals surface area contributed by atoms with Crippen molar-refractivity contribution in [2.24, 2.45) is 0 Å². The lowest BCUT2D eigenvalue weighted by atomic mass is 10.1. The maximum atomic E-state index is 14.2. The smallest absolute Gasteiger partial charge is 0.264 e. The summed E-state index contributed by atoms with van der Waals surface area (Å²) in [6.45, 7) is 7.25. The lowest BCUT2D eigenvalue weighted by Gasteiger charge is -2.33. The number of nitrogens with zero attached hydrogens (tertiary/aromatic N) is 2. The van der Waals surface area contributed by atoms with Gasteiger partial charge in [0.15, 0.2) is 0 Å². The number of hydrogen-bond acceptors (Lipinski definition) is 5. The molecule has 0 aliphatic carbocycles. The van der Waals surface area contributed by atoms with E-state index in [9.17, 15) is 18.0 Å². The van der Waals surface area contributed by atoms with Crippen molar-refractivity contribution in [1.82, 2.24) is 10.2 Å². The molecule has 9 heteroatoms. The van der Waals surface area contributed by atoms with E-state index >= 15 is 0 Å². The minimum Gasteiger partial charge on any atom is -0.457 e. The van der Waals surface area contributed by atoms with Crippen LogP contribution >= 0.6 is 0 Å². The summed E-state index contributed by atoms with van der Waals surface area (Å²) < 4.78 is 35.3. The van der Waals surface area contributed by atoms with Crippen molar-refractivity contribution >= 4 is 27.5 Å². The van der Waals surface area contributed by atoms with Crippen molar-refractivity contribution < 1.29 is 22.7 Å². The molecule has 0 radical (unpaired) electrons. The summed E-state index contributed by atoms with van der Waals surface area (Å²) >= 11 is 0. The molecular weight excluding hydrogens is 586 g/mol. The van der Waals surface area contributed by atoms with E-state index in [2.05, 4.69) is 5.32 Å². The van der Waals surface area contributed by atoms with Crippen LogP contribution in [0.3, 0.4) is 0 Å². The summed E-state index contributed by atoms with van der Waals surface area (Å²) in [5.74, 6) is 0.390. The average molecular weight is 628 g/mol. The van der Waals surface area contributed by atoms with Crippen LogP contribution in [0.15, 0.2) is 114 Å². The van der Waals surface area contributed by atoms with Crippen molar-refractivity contribution in [3.8, 4) is 11.5 Å². The summed E-state index contributed by atoms with van der Waals surface area (Å²) in [7, 11) is -4.18. The fraction of sp³-hybridized carbons (Fsp3) is 0.278. The van der Waals surface area contributed by atoms with Crippen molar-refractivity contribution in [2.45, 2.75) is 64.1 Å². The molecule has 0 spiro atoms. The number of carbonyl (C=O) groups is 2. The highest BCUT2D eigenvalue weighted by Gasteiger charge is 2.34. The Morgan fingerprint density at radius 3 is 1.93 bits per heavy atom. The number of anilines is 1. The molecule has 4 aromatic rings. The number of hydrogen-bond donors (Lipinski definition) is 1. The molecule has 2 amide bonds. The van der Waals surface area contributed by atoms with Crippen LogP contribution in [0.25, 0.3) is 0 Å². The highest BCUT2D eigenvalue weighted by molar-refractivity contribution is 7.92. The second kappa shape index (κ2) is 15.4. The van der Waals surface area contributed by atoms with Crippen LogP contribution in [0.1, 0.15) is 44.7 Å². The fourth-order valence-corrected chi connectivity index (χ4v) is 6.23. The van der Waals surface area contributed by atoms with E-state index in [0.717, 1.165) is 21.9 Å². The first-order valence-corrected chi connectivity index (χ1v) is 16.6. The number of nitrogens with one attached hydrogen (secondary N) is 1. The Balaban J connectivity index is 1.71. The summed E-state index contributed by atoms with van der Waals surface area (Å²) in [5.41, 5.74) is 2.03. The Morgan fingerprint density at radius 2 is 1.36 bits per heavy atom. The molecule has 236 valence electrons. The van der Waals surface area contributed by atoms with Crippen LogP contribution in [0.4, 0.5) is 5.69 Å². The zero-order chi connectivity index (χ0) is 32.4. The molecule has 0 aliphatic rings. The Bertz CT molecular complexity index is 1640. The second-order valence-corrected chi connectivity index (χ2v) is 12.8. The standard InChI is InChI=1S/C36H41N3O5S/c1-5-28(4)37-36(41)34(6-2)38(25-29-13-9-7-10-14-29)35(40)26-39(45(42,43)33-23-17-27(3)18-24-33)30-19-21-32(22-20-30)44-31-15-11-8-12-16-31/h7-24,28,34H,5-6,25-26H2,1-4H3,(H,37,41)/t28-,34+/m0/s1. The molecule has 4 aromatic carbocycles. The Labute approximate surface area is 266 Å². The number of amides is 2. The number of carbonyl (C=O) groups excluding carboxylic acids is 2. The minimum atomic E-state index is -4.18. The summed E-state index contributed by atoms with van der Waals surface area (Å²) in [6.07, 6.45) is 1.10. The molecule has 45 heavy (non-hydrogen) atoms. The summed E-state index contributed by atoms with van der Waals surface area (Å²) in [4.78, 5) is 29.2. The van der Waals surface area contributed by atoms with Crippen LogP contribution in [0, 0.1) is 6.92 Å². The Hall–Kier alpha value is -4.63. The SMILES string of the molecule is CC[C@H](C(=O)N[C@@H](C)CC)N(Cc1ccccc1)C(=O)CN(c1ccc(Oc2ccccc2)cc1)S(=O)(=O)c1ccc(C)cc1. The monoisotopic (exact) mass is 627 g/mol. The van der Waals surface area contributed by atoms with Gasteiger partial charge < -0.3 is 15.0 Å². The number of para-hydroxylation sites is 1. The van der Waals surface area contributed by atoms with Gasteiger partial charge in [0.25, 0.3) is 10.0 Å². The van der Waals surface area contributed by atoms with Crippen LogP contribution in [0.5, 0.6) is 11.5 Å². The molecular formula is C36H41N3O5S. The zero-order valence-corrected chi connectivity index (χ0v) is 27.0. The van der Waals surface area contributed by atoms with Gasteiger partial charge in [0.1, 0.15) is 24.1 Å². The molecule has 0 saturated carbocycles. The number of benzene rings is 4. The minimum absolute atomic E-state index is 0.0571. The van der Waals surface area contributed by atoms with Gasteiger partial charge in [-0.2, -0.15) is 0 Å². The summed E-state index contributed by atoms with van der Waals surface area (Å²) in [5, 5.41) is 3.00. The number of ether oxygens (including phenoxy) is 1. The van der Waals surface area contributed by atoms with E-state index in [4.69, 9.17) is 4.74 Å². The van der Waals surface area contributed by atoms with E-state index in [1.807, 2.05) is 88.4 Å². The van der Waals surface area contributed by atoms with E-state index in [-0.39, 0.29) is 23.4 Å². The van der Waals surface area contributed by atoms with E-state index in [1.54, 1.807) is 36.4 Å². The van der Waals surface area contributed by atoms with Crippen LogP contribution < -0.4 is 14.4 Å². The van der Waals surface area contributed by atoms with Crippen molar-refractivity contribution in [1.29, 1.82) is 0 Å². The van der Waals surface area contributed by atoms with Gasteiger partial charge in [-0.15, -0.1) is 0 Å². The lowest BCUT2D eigenvalue weighted by Crippen LogP contribution is -2.53. The number of aryl methyl sites for hydroxylation is 1. The molecule has 0 bridgehead atoms.